The molecule has 0 atom stereocenters. The zero-order valence-electron chi connectivity index (χ0n) is 14.3. The molecule has 7 nitrogen and oxygen atoms in total. The molecule has 0 radical (unpaired) electrons. The van der Waals surface area contributed by atoms with E-state index in [1.54, 1.807) is 0 Å². The van der Waals surface area contributed by atoms with E-state index in [1.807, 2.05) is 54.6 Å². The summed E-state index contributed by atoms with van der Waals surface area (Å²) in [6, 6.07) is 19.3. The van der Waals surface area contributed by atoms with Crippen molar-refractivity contribution < 1.29 is 0 Å². The molecule has 27 heavy (non-hydrogen) atoms. The number of aromatic amines is 1. The molecule has 3 N–H and O–H groups in total. The molecule has 0 aliphatic heterocycles. The fraction of sp³-hybridized carbons (Fsp3) is 0.105. The van der Waals surface area contributed by atoms with Crippen LogP contribution in [0.15, 0.2) is 69.9 Å². The molecule has 2 aromatic heterocycles. The summed E-state index contributed by atoms with van der Waals surface area (Å²) in [5.74, 6) is 0.840. The highest BCUT2D eigenvalue weighted by molar-refractivity contribution is 9.10. The predicted octanol–water partition coefficient (Wildman–Crippen LogP) is 3.40. The van der Waals surface area contributed by atoms with Gasteiger partial charge in [-0.1, -0.05) is 46.3 Å². The van der Waals surface area contributed by atoms with E-state index in [0.29, 0.717) is 30.5 Å². The van der Waals surface area contributed by atoms with Gasteiger partial charge in [0.2, 0.25) is 5.95 Å². The number of anilines is 2. The number of aromatic nitrogens is 4. The molecule has 0 fully saturated rings. The van der Waals surface area contributed by atoms with Crippen LogP contribution in [-0.2, 0) is 13.1 Å². The Morgan fingerprint density at radius 3 is 2.52 bits per heavy atom. The molecular weight excluding hydrogens is 408 g/mol. The zero-order chi connectivity index (χ0) is 18.6. The Balaban J connectivity index is 1.49. The summed E-state index contributed by atoms with van der Waals surface area (Å²) in [5.41, 5.74) is 2.50. The Bertz CT molecular complexity index is 1100. The van der Waals surface area contributed by atoms with Gasteiger partial charge in [0.15, 0.2) is 0 Å². The van der Waals surface area contributed by atoms with Crippen molar-refractivity contribution >= 4 is 33.3 Å². The molecule has 0 saturated heterocycles. The van der Waals surface area contributed by atoms with Crippen LogP contribution in [0.1, 0.15) is 11.3 Å². The second-order valence-electron chi connectivity index (χ2n) is 5.99. The van der Waals surface area contributed by atoms with Crippen LogP contribution in [0.4, 0.5) is 11.6 Å². The van der Waals surface area contributed by atoms with Gasteiger partial charge in [-0.2, -0.15) is 9.50 Å². The van der Waals surface area contributed by atoms with Gasteiger partial charge in [0, 0.05) is 22.8 Å². The Hall–Kier alpha value is -3.13. The van der Waals surface area contributed by atoms with Crippen molar-refractivity contribution in [3.8, 4) is 0 Å². The number of fused-ring (bicyclic) bond motifs is 1. The van der Waals surface area contributed by atoms with Crippen molar-refractivity contribution in [3.63, 3.8) is 0 Å². The maximum atomic E-state index is 12.3. The third-order valence-corrected chi connectivity index (χ3v) is 4.53. The quantitative estimate of drug-likeness (QED) is 0.441. The zero-order valence-corrected chi connectivity index (χ0v) is 15.9. The average molecular weight is 425 g/mol. The second kappa shape index (κ2) is 7.63. The van der Waals surface area contributed by atoms with Gasteiger partial charge >= 0.3 is 0 Å². The van der Waals surface area contributed by atoms with E-state index < -0.39 is 0 Å². The lowest BCUT2D eigenvalue weighted by molar-refractivity contribution is 0.874. The third kappa shape index (κ3) is 4.17. The Kier molecular flexibility index (Phi) is 4.88. The fourth-order valence-electron chi connectivity index (χ4n) is 2.64. The van der Waals surface area contributed by atoms with Crippen molar-refractivity contribution in [2.75, 3.05) is 10.6 Å². The molecule has 0 saturated carbocycles. The standard InChI is InChI=1S/C19H17BrN6O/c20-14-6-8-15(9-7-14)21-12-16-10-17(27)26-19(23-16)24-18(25-26)22-11-13-4-2-1-3-5-13/h1-10,21H,11-12H2,(H2,22,23,24,25). The number of hydrogen-bond donors (Lipinski definition) is 3. The second-order valence-corrected chi connectivity index (χ2v) is 6.91. The fourth-order valence-corrected chi connectivity index (χ4v) is 2.90. The molecule has 0 amide bonds. The van der Waals surface area contributed by atoms with Gasteiger partial charge in [-0.25, -0.2) is 4.98 Å². The van der Waals surface area contributed by atoms with E-state index >= 15 is 0 Å². The largest absolute Gasteiger partial charge is 0.379 e. The van der Waals surface area contributed by atoms with Gasteiger partial charge in [0.1, 0.15) is 0 Å². The predicted molar refractivity (Wildman–Crippen MR) is 109 cm³/mol. The summed E-state index contributed by atoms with van der Waals surface area (Å²) >= 11 is 3.41. The summed E-state index contributed by atoms with van der Waals surface area (Å²) in [6.45, 7) is 1.04. The summed E-state index contributed by atoms with van der Waals surface area (Å²) in [5, 5.41) is 9.36. The smallest absolute Gasteiger partial charge is 0.274 e. The van der Waals surface area contributed by atoms with E-state index in [9.17, 15) is 4.79 Å². The van der Waals surface area contributed by atoms with Crippen molar-refractivity contribution in [1.82, 2.24) is 19.6 Å². The first-order chi connectivity index (χ1) is 13.2. The molecular formula is C19H17BrN6O. The highest BCUT2D eigenvalue weighted by Crippen LogP contribution is 2.14. The molecule has 0 bridgehead atoms. The van der Waals surface area contributed by atoms with Gasteiger partial charge in [0.05, 0.1) is 12.2 Å². The first-order valence-corrected chi connectivity index (χ1v) is 9.22. The van der Waals surface area contributed by atoms with Crippen LogP contribution in [0.5, 0.6) is 0 Å². The van der Waals surface area contributed by atoms with Gasteiger partial charge in [0.25, 0.3) is 11.3 Å². The van der Waals surface area contributed by atoms with Crippen LogP contribution in [0.2, 0.25) is 0 Å². The van der Waals surface area contributed by atoms with E-state index in [4.69, 9.17) is 0 Å². The molecule has 0 aliphatic rings. The molecule has 136 valence electrons. The lowest BCUT2D eigenvalue weighted by Gasteiger charge is -2.05. The lowest BCUT2D eigenvalue weighted by atomic mass is 10.2. The van der Waals surface area contributed by atoms with Crippen molar-refractivity contribution in [2.45, 2.75) is 13.1 Å². The van der Waals surface area contributed by atoms with E-state index in [0.717, 1.165) is 15.7 Å². The number of hydrogen-bond acceptors (Lipinski definition) is 5. The van der Waals surface area contributed by atoms with Gasteiger partial charge < -0.3 is 10.6 Å². The maximum Gasteiger partial charge on any atom is 0.274 e. The normalized spacial score (nSPS) is 10.9. The highest BCUT2D eigenvalue weighted by atomic mass is 79.9. The first kappa shape index (κ1) is 17.3. The molecule has 0 aliphatic carbocycles. The van der Waals surface area contributed by atoms with Crippen LogP contribution >= 0.6 is 15.9 Å². The van der Waals surface area contributed by atoms with E-state index in [-0.39, 0.29) is 5.56 Å². The van der Waals surface area contributed by atoms with Crippen molar-refractivity contribution in [3.05, 3.63) is 86.7 Å². The summed E-state index contributed by atoms with van der Waals surface area (Å²) in [4.78, 5) is 21.2. The number of rotatable bonds is 6. The van der Waals surface area contributed by atoms with Gasteiger partial charge in [-0.15, -0.1) is 0 Å². The van der Waals surface area contributed by atoms with Crippen LogP contribution in [-0.4, -0.2) is 19.6 Å². The number of benzene rings is 2. The maximum absolute atomic E-state index is 12.3. The molecule has 8 heteroatoms. The Morgan fingerprint density at radius 1 is 0.963 bits per heavy atom. The minimum atomic E-state index is -0.201. The van der Waals surface area contributed by atoms with Gasteiger partial charge in [-0.05, 0) is 29.8 Å². The van der Waals surface area contributed by atoms with Gasteiger partial charge in [-0.3, -0.25) is 9.89 Å². The summed E-state index contributed by atoms with van der Waals surface area (Å²) in [7, 11) is 0. The molecule has 2 aromatic carbocycles. The number of nitrogens with one attached hydrogen (secondary N) is 3. The summed E-state index contributed by atoms with van der Waals surface area (Å²) < 4.78 is 2.34. The molecule has 4 rings (SSSR count). The lowest BCUT2D eigenvalue weighted by Crippen LogP contribution is -2.17. The third-order valence-electron chi connectivity index (χ3n) is 4.00. The van der Waals surface area contributed by atoms with Crippen molar-refractivity contribution in [1.29, 1.82) is 0 Å². The van der Waals surface area contributed by atoms with E-state index in [1.165, 1.54) is 10.6 Å². The number of nitrogens with zero attached hydrogens (tertiary/aromatic N) is 3. The van der Waals surface area contributed by atoms with Crippen LogP contribution in [0, 0.1) is 0 Å². The van der Waals surface area contributed by atoms with Crippen LogP contribution in [0.3, 0.4) is 0 Å². The number of halogens is 1. The molecule has 0 unspecified atom stereocenters. The minimum Gasteiger partial charge on any atom is -0.379 e. The SMILES string of the molecule is O=c1cc(CNc2ccc(Br)cc2)nc2nc(NCc3ccccc3)[nH]n12. The van der Waals surface area contributed by atoms with Crippen LogP contribution < -0.4 is 16.2 Å². The minimum absolute atomic E-state index is 0.201. The first-order valence-electron chi connectivity index (χ1n) is 8.43. The molecule has 0 spiro atoms. The average Bonchev–Trinajstić information content (AvgIpc) is 3.10. The molecule has 2 heterocycles. The van der Waals surface area contributed by atoms with Crippen LogP contribution in [0.25, 0.3) is 5.78 Å². The Labute approximate surface area is 163 Å². The monoisotopic (exact) mass is 424 g/mol. The number of H-pyrrole nitrogens is 1. The summed E-state index contributed by atoms with van der Waals surface area (Å²) in [6.07, 6.45) is 0. The topological polar surface area (TPSA) is 87.1 Å². The Morgan fingerprint density at radius 2 is 1.74 bits per heavy atom. The highest BCUT2D eigenvalue weighted by Gasteiger charge is 2.08. The van der Waals surface area contributed by atoms with E-state index in [2.05, 4.69) is 41.6 Å². The van der Waals surface area contributed by atoms with Crippen molar-refractivity contribution in [2.24, 2.45) is 0 Å². The molecule has 4 aromatic rings.